The number of phenolic OH excluding ortho intramolecular Hbond substituents is 1. The van der Waals surface area contributed by atoms with Gasteiger partial charge in [-0.2, -0.15) is 0 Å². The van der Waals surface area contributed by atoms with Crippen LogP contribution in [0.3, 0.4) is 0 Å². The number of nitrogens with zero attached hydrogens (tertiary/aromatic N) is 2. The fourth-order valence-corrected chi connectivity index (χ4v) is 7.84. The highest BCUT2D eigenvalue weighted by molar-refractivity contribution is 6.23. The molecule has 3 heterocycles. The number of benzene rings is 4. The smallest absolute Gasteiger partial charge is 0.262 e. The zero-order chi connectivity index (χ0) is 36.2. The van der Waals surface area contributed by atoms with E-state index < -0.39 is 23.8 Å². The molecule has 2 fully saturated rings. The Kier molecular flexibility index (Phi) is 10.3. The second kappa shape index (κ2) is 15.4. The molecule has 52 heavy (non-hydrogen) atoms. The Hall–Kier alpha value is -5.54. The van der Waals surface area contributed by atoms with Crippen molar-refractivity contribution in [3.8, 4) is 5.75 Å². The first-order valence-corrected chi connectivity index (χ1v) is 18.3. The fourth-order valence-electron chi connectivity index (χ4n) is 7.84. The molecule has 0 bridgehead atoms. The second-order valence-electron chi connectivity index (χ2n) is 13.8. The van der Waals surface area contributed by atoms with Crippen molar-refractivity contribution >= 4 is 40.5 Å². The molecule has 2 saturated heterocycles. The number of carbonyl (C=O) groups excluding carboxylic acids is 4. The summed E-state index contributed by atoms with van der Waals surface area (Å²) in [5, 5.41) is 15.6. The molecule has 7 rings (SSSR count). The van der Waals surface area contributed by atoms with E-state index in [1.54, 1.807) is 30.3 Å². The molecule has 0 saturated carbocycles. The van der Waals surface area contributed by atoms with Crippen molar-refractivity contribution in [3.63, 3.8) is 0 Å². The van der Waals surface area contributed by atoms with Crippen LogP contribution in [0.2, 0.25) is 0 Å². The lowest BCUT2D eigenvalue weighted by atomic mass is 9.85. The zero-order valence-electron chi connectivity index (χ0n) is 29.4. The summed E-state index contributed by atoms with van der Waals surface area (Å²) in [6, 6.07) is 31.3. The number of piperidine rings is 2. The van der Waals surface area contributed by atoms with E-state index in [4.69, 9.17) is 0 Å². The molecular weight excluding hydrogens is 652 g/mol. The maximum atomic E-state index is 13.2. The molecule has 0 spiro atoms. The average Bonchev–Trinajstić information content (AvgIpc) is 3.41. The maximum absolute atomic E-state index is 13.2. The number of rotatable bonds is 11. The third-order valence-corrected chi connectivity index (χ3v) is 10.6. The highest BCUT2D eigenvalue weighted by Gasteiger charge is 2.44. The molecule has 4 amide bonds. The van der Waals surface area contributed by atoms with Crippen molar-refractivity contribution in [2.24, 2.45) is 0 Å². The van der Waals surface area contributed by atoms with Crippen molar-refractivity contribution in [3.05, 3.63) is 130 Å². The molecule has 3 aliphatic rings. The third-order valence-electron chi connectivity index (χ3n) is 10.6. The maximum Gasteiger partial charge on any atom is 0.262 e. The number of hydrogen-bond acceptors (Lipinski definition) is 7. The molecule has 0 radical (unpaired) electrons. The lowest BCUT2D eigenvalue weighted by Gasteiger charge is -2.32. The normalized spacial score (nSPS) is 18.6. The van der Waals surface area contributed by atoms with E-state index >= 15 is 0 Å². The predicted octanol–water partition coefficient (Wildman–Crippen LogP) is 6.84. The fraction of sp³-hybridized carbons (Fsp3) is 0.302. The van der Waals surface area contributed by atoms with E-state index in [9.17, 15) is 24.3 Å². The zero-order valence-corrected chi connectivity index (χ0v) is 29.4. The van der Waals surface area contributed by atoms with Crippen LogP contribution < -0.4 is 10.6 Å². The number of carbonyl (C=O) groups is 4. The Morgan fingerprint density at radius 2 is 1.46 bits per heavy atom. The Morgan fingerprint density at radius 3 is 2.13 bits per heavy atom. The molecule has 4 aromatic carbocycles. The summed E-state index contributed by atoms with van der Waals surface area (Å²) >= 11 is 0. The summed E-state index contributed by atoms with van der Waals surface area (Å²) in [6.07, 6.45) is 4.25. The molecule has 0 aliphatic carbocycles. The number of nitrogens with one attached hydrogen (secondary N) is 2. The van der Waals surface area contributed by atoms with Crippen molar-refractivity contribution < 1.29 is 24.3 Å². The number of hydrogen-bond donors (Lipinski definition) is 3. The van der Waals surface area contributed by atoms with Gasteiger partial charge in [0, 0.05) is 18.7 Å². The Labute approximate surface area is 304 Å². The molecule has 3 N–H and O–H groups in total. The number of likely N-dealkylation sites (tertiary alicyclic amines) is 1. The number of allylic oxidation sites excluding steroid dienone is 1. The summed E-state index contributed by atoms with van der Waals surface area (Å²) in [6.45, 7) is 5.94. The van der Waals surface area contributed by atoms with Gasteiger partial charge in [0.25, 0.3) is 11.8 Å². The summed E-state index contributed by atoms with van der Waals surface area (Å²) < 4.78 is 0. The van der Waals surface area contributed by atoms with E-state index in [-0.39, 0.29) is 35.6 Å². The third kappa shape index (κ3) is 7.27. The van der Waals surface area contributed by atoms with Gasteiger partial charge >= 0.3 is 0 Å². The van der Waals surface area contributed by atoms with Crippen LogP contribution in [0.4, 0.5) is 5.69 Å². The average molecular weight is 697 g/mol. The summed E-state index contributed by atoms with van der Waals surface area (Å²) in [7, 11) is 0. The number of phenols is 1. The standard InChI is InChI=1S/C43H44N4O5/c1-2-35(30-7-4-3-5-8-30)40(32-13-16-34(48)17-14-32)31-11-9-28(10-12-31)29-21-25-46(26-22-29)24-6-23-44-33-15-18-36-37(27-33)43(52)47(42(36)51)38-19-20-39(49)45-41(38)50/h3-5,7-18,27,29,38,44,48H,2,6,19-26H2,1H3,(H,45,49,50). The number of aromatic hydroxyl groups is 1. The minimum absolute atomic E-state index is 0.0956. The van der Waals surface area contributed by atoms with E-state index in [0.29, 0.717) is 5.92 Å². The number of fused-ring (bicyclic) bond motifs is 1. The van der Waals surface area contributed by atoms with Gasteiger partial charge in [-0.1, -0.05) is 73.7 Å². The van der Waals surface area contributed by atoms with Gasteiger partial charge in [-0.25, -0.2) is 0 Å². The molecule has 1 unspecified atom stereocenters. The molecule has 0 aromatic heterocycles. The van der Waals surface area contributed by atoms with Crippen molar-refractivity contribution in [2.45, 2.75) is 57.4 Å². The van der Waals surface area contributed by atoms with Crippen molar-refractivity contribution in [1.82, 2.24) is 15.1 Å². The summed E-state index contributed by atoms with van der Waals surface area (Å²) in [4.78, 5) is 53.6. The van der Waals surface area contributed by atoms with Crippen LogP contribution in [0.5, 0.6) is 5.75 Å². The van der Waals surface area contributed by atoms with Gasteiger partial charge in [0.2, 0.25) is 11.8 Å². The Balaban J connectivity index is 0.923. The molecule has 9 nitrogen and oxygen atoms in total. The minimum Gasteiger partial charge on any atom is -0.508 e. The van der Waals surface area contributed by atoms with Gasteiger partial charge in [-0.3, -0.25) is 29.4 Å². The van der Waals surface area contributed by atoms with Gasteiger partial charge in [0.1, 0.15) is 11.8 Å². The second-order valence-corrected chi connectivity index (χ2v) is 13.8. The van der Waals surface area contributed by atoms with E-state index in [0.717, 1.165) is 68.0 Å². The van der Waals surface area contributed by atoms with Crippen molar-refractivity contribution in [1.29, 1.82) is 0 Å². The summed E-state index contributed by atoms with van der Waals surface area (Å²) in [5.41, 5.74) is 8.62. The largest absolute Gasteiger partial charge is 0.508 e. The Bertz CT molecular complexity index is 2000. The number of amides is 4. The van der Waals surface area contributed by atoms with E-state index in [1.807, 2.05) is 18.2 Å². The number of anilines is 1. The van der Waals surface area contributed by atoms with E-state index in [1.165, 1.54) is 27.8 Å². The molecule has 3 aliphatic heterocycles. The first-order valence-electron chi connectivity index (χ1n) is 18.3. The van der Waals surface area contributed by atoms with Crippen LogP contribution in [0.25, 0.3) is 11.1 Å². The molecule has 4 aromatic rings. The lowest BCUT2D eigenvalue weighted by molar-refractivity contribution is -0.136. The number of imide groups is 2. The van der Waals surface area contributed by atoms with Crippen LogP contribution in [-0.4, -0.2) is 70.8 Å². The van der Waals surface area contributed by atoms with Gasteiger partial charge in [0.05, 0.1) is 11.1 Å². The Morgan fingerprint density at radius 1 is 0.788 bits per heavy atom. The molecule has 9 heteroatoms. The quantitative estimate of drug-likeness (QED) is 0.0893. The minimum atomic E-state index is -0.967. The van der Waals surface area contributed by atoms with Crippen LogP contribution in [0.1, 0.15) is 94.3 Å². The molecule has 1 atom stereocenters. The highest BCUT2D eigenvalue weighted by atomic mass is 16.3. The van der Waals surface area contributed by atoms with Crippen LogP contribution in [0.15, 0.2) is 97.1 Å². The SMILES string of the molecule is CCC(=C(c1ccc(O)cc1)c1ccc(C2CCN(CCCNc3ccc4c(c3)C(=O)N(C3CCC(=O)NC3=O)C4=O)CC2)cc1)c1ccccc1. The molecule has 266 valence electrons. The van der Waals surface area contributed by atoms with E-state index in [2.05, 4.69) is 71.0 Å². The van der Waals surface area contributed by atoms with Gasteiger partial charge < -0.3 is 15.3 Å². The molecular formula is C43H44N4O5. The van der Waals surface area contributed by atoms with Crippen molar-refractivity contribution in [2.75, 3.05) is 31.5 Å². The summed E-state index contributed by atoms with van der Waals surface area (Å²) in [5.74, 6) is -1.22. The predicted molar refractivity (Wildman–Crippen MR) is 202 cm³/mol. The first kappa shape index (κ1) is 34.9. The first-order chi connectivity index (χ1) is 25.3. The lowest BCUT2D eigenvalue weighted by Crippen LogP contribution is -2.54. The topological polar surface area (TPSA) is 119 Å². The van der Waals surface area contributed by atoms with Crippen LogP contribution in [0, 0.1) is 0 Å². The van der Waals surface area contributed by atoms with Crippen LogP contribution >= 0.6 is 0 Å². The van der Waals surface area contributed by atoms with Gasteiger partial charge in [-0.05, 0) is 121 Å². The highest BCUT2D eigenvalue weighted by Crippen LogP contribution is 2.37. The monoisotopic (exact) mass is 696 g/mol. The van der Waals surface area contributed by atoms with Crippen LogP contribution in [-0.2, 0) is 9.59 Å². The van der Waals surface area contributed by atoms with Gasteiger partial charge in [0.15, 0.2) is 0 Å². The van der Waals surface area contributed by atoms with Gasteiger partial charge in [-0.15, -0.1) is 0 Å².